The summed E-state index contributed by atoms with van der Waals surface area (Å²) in [5.74, 6) is -0.942. The van der Waals surface area contributed by atoms with Gasteiger partial charge in [0.1, 0.15) is 0 Å². The topological polar surface area (TPSA) is 60.3 Å². The zero-order valence-electron chi connectivity index (χ0n) is 18.1. The second-order valence-electron chi connectivity index (χ2n) is 7.86. The first kappa shape index (κ1) is 23.8. The molecule has 1 heterocycles. The number of alkyl halides is 3. The summed E-state index contributed by atoms with van der Waals surface area (Å²) >= 11 is 3.10. The maximum Gasteiger partial charge on any atom is 0.573 e. The Bertz CT molecular complexity index is 1450. The van der Waals surface area contributed by atoms with Gasteiger partial charge in [-0.15, -0.1) is 13.2 Å². The standard InChI is InChI=1S/C25H20BrF3N2O3/c1-15-8-11-21-18(13-15)24(33)17-5-2-3-6-20(17)31(21)12-4-7-23(32)30-19-10-9-16(26)14-22(19)34-25(27,28)29/h2-3,5-6,8-11,13-14H,4,7,12H2,1H3,(H,30,32). The molecule has 4 rings (SSSR count). The third-order valence-electron chi connectivity index (χ3n) is 5.36. The van der Waals surface area contributed by atoms with E-state index in [1.165, 1.54) is 12.1 Å². The van der Waals surface area contributed by atoms with Crippen LogP contribution >= 0.6 is 15.9 Å². The number of nitrogens with zero attached hydrogens (tertiary/aromatic N) is 1. The summed E-state index contributed by atoms with van der Waals surface area (Å²) in [6, 6.07) is 17.0. The molecule has 0 aliphatic heterocycles. The predicted octanol–water partition coefficient (Wildman–Crippen LogP) is 6.54. The molecule has 34 heavy (non-hydrogen) atoms. The minimum absolute atomic E-state index is 0.0456. The van der Waals surface area contributed by atoms with Crippen LogP contribution < -0.4 is 15.5 Å². The highest BCUT2D eigenvalue weighted by Gasteiger charge is 2.32. The van der Waals surface area contributed by atoms with Crippen LogP contribution in [0.2, 0.25) is 0 Å². The number of hydrogen-bond acceptors (Lipinski definition) is 3. The van der Waals surface area contributed by atoms with Crippen LogP contribution in [-0.4, -0.2) is 16.8 Å². The summed E-state index contributed by atoms with van der Waals surface area (Å²) in [7, 11) is 0. The van der Waals surface area contributed by atoms with Crippen LogP contribution in [0.25, 0.3) is 21.8 Å². The third-order valence-corrected chi connectivity index (χ3v) is 5.85. The van der Waals surface area contributed by atoms with Gasteiger partial charge in [0.2, 0.25) is 5.91 Å². The number of benzene rings is 3. The number of carbonyl (C=O) groups excluding carboxylic acids is 1. The lowest BCUT2D eigenvalue weighted by Gasteiger charge is -2.16. The van der Waals surface area contributed by atoms with Crippen molar-refractivity contribution in [2.45, 2.75) is 32.7 Å². The maximum absolute atomic E-state index is 13.0. The van der Waals surface area contributed by atoms with Gasteiger partial charge in [-0.25, -0.2) is 0 Å². The fourth-order valence-corrected chi connectivity index (χ4v) is 4.24. The molecular formula is C25H20BrF3N2O3. The van der Waals surface area contributed by atoms with Gasteiger partial charge in [0.15, 0.2) is 11.2 Å². The van der Waals surface area contributed by atoms with Crippen molar-refractivity contribution >= 4 is 49.3 Å². The number of hydrogen-bond donors (Lipinski definition) is 1. The van der Waals surface area contributed by atoms with Gasteiger partial charge >= 0.3 is 6.36 Å². The van der Waals surface area contributed by atoms with Crippen molar-refractivity contribution in [1.29, 1.82) is 0 Å². The van der Waals surface area contributed by atoms with Gasteiger partial charge in [-0.05, 0) is 55.8 Å². The first-order valence-corrected chi connectivity index (χ1v) is 11.3. The summed E-state index contributed by atoms with van der Waals surface area (Å²) in [6.07, 6.45) is -4.41. The van der Waals surface area contributed by atoms with Crippen molar-refractivity contribution in [3.8, 4) is 5.75 Å². The molecule has 0 spiro atoms. The third kappa shape index (κ3) is 5.25. The van der Waals surface area contributed by atoms with Gasteiger partial charge < -0.3 is 14.6 Å². The van der Waals surface area contributed by atoms with E-state index in [1.807, 2.05) is 47.9 Å². The summed E-state index contributed by atoms with van der Waals surface area (Å²) in [5, 5.41) is 3.69. The number of nitrogens with one attached hydrogen (secondary N) is 1. The molecule has 0 aliphatic rings. The van der Waals surface area contributed by atoms with Gasteiger partial charge in [0.25, 0.3) is 0 Å². The molecule has 0 atom stereocenters. The van der Waals surface area contributed by atoms with Crippen LogP contribution in [0, 0.1) is 6.92 Å². The van der Waals surface area contributed by atoms with Gasteiger partial charge in [-0.2, -0.15) is 0 Å². The Labute approximate surface area is 201 Å². The monoisotopic (exact) mass is 532 g/mol. The number of ether oxygens (including phenoxy) is 1. The lowest BCUT2D eigenvalue weighted by molar-refractivity contribution is -0.274. The van der Waals surface area contributed by atoms with Crippen LogP contribution in [0.3, 0.4) is 0 Å². The van der Waals surface area contributed by atoms with E-state index >= 15 is 0 Å². The van der Waals surface area contributed by atoms with E-state index < -0.39 is 18.0 Å². The van der Waals surface area contributed by atoms with Crippen molar-refractivity contribution in [2.24, 2.45) is 0 Å². The molecule has 0 radical (unpaired) electrons. The second kappa shape index (κ2) is 9.50. The molecule has 0 saturated carbocycles. The van der Waals surface area contributed by atoms with E-state index in [4.69, 9.17) is 0 Å². The largest absolute Gasteiger partial charge is 0.573 e. The molecule has 1 amide bonds. The molecule has 0 aliphatic carbocycles. The molecule has 5 nitrogen and oxygen atoms in total. The van der Waals surface area contributed by atoms with Crippen LogP contribution in [-0.2, 0) is 11.3 Å². The predicted molar refractivity (Wildman–Crippen MR) is 129 cm³/mol. The Morgan fingerprint density at radius 2 is 1.76 bits per heavy atom. The van der Waals surface area contributed by atoms with Gasteiger partial charge in [-0.3, -0.25) is 9.59 Å². The van der Waals surface area contributed by atoms with E-state index in [-0.39, 0.29) is 17.5 Å². The van der Waals surface area contributed by atoms with Crippen LogP contribution in [0.15, 0.2) is 69.9 Å². The zero-order chi connectivity index (χ0) is 24.5. The Kier molecular flexibility index (Phi) is 6.65. The molecule has 9 heteroatoms. The maximum atomic E-state index is 13.0. The summed E-state index contributed by atoms with van der Waals surface area (Å²) < 4.78 is 44.6. The van der Waals surface area contributed by atoms with Crippen molar-refractivity contribution < 1.29 is 22.7 Å². The first-order chi connectivity index (χ1) is 16.1. The smallest absolute Gasteiger partial charge is 0.404 e. The number of halogens is 4. The fourth-order valence-electron chi connectivity index (χ4n) is 3.90. The van der Waals surface area contributed by atoms with E-state index in [1.54, 1.807) is 6.07 Å². The second-order valence-corrected chi connectivity index (χ2v) is 8.77. The lowest BCUT2D eigenvalue weighted by atomic mass is 10.1. The Hall–Kier alpha value is -3.33. The summed E-state index contributed by atoms with van der Waals surface area (Å²) in [4.78, 5) is 25.5. The molecule has 4 aromatic rings. The number of carbonyl (C=O) groups is 1. The number of rotatable bonds is 6. The highest BCUT2D eigenvalue weighted by Crippen LogP contribution is 2.33. The number of amides is 1. The average Bonchev–Trinajstić information content (AvgIpc) is 2.77. The average molecular weight is 533 g/mol. The molecule has 0 fully saturated rings. The molecule has 1 N–H and O–H groups in total. The Morgan fingerprint density at radius 3 is 2.53 bits per heavy atom. The summed E-state index contributed by atoms with van der Waals surface area (Å²) in [6.45, 7) is 2.36. The number of pyridine rings is 1. The van der Waals surface area contributed by atoms with E-state index in [9.17, 15) is 22.8 Å². The quantitative estimate of drug-likeness (QED) is 0.286. The highest BCUT2D eigenvalue weighted by molar-refractivity contribution is 9.10. The lowest BCUT2D eigenvalue weighted by Crippen LogP contribution is -2.20. The van der Waals surface area contributed by atoms with Crippen molar-refractivity contribution in [2.75, 3.05) is 5.32 Å². The minimum atomic E-state index is -4.88. The molecule has 0 bridgehead atoms. The van der Waals surface area contributed by atoms with E-state index in [2.05, 4.69) is 26.0 Å². The van der Waals surface area contributed by atoms with Gasteiger partial charge in [-0.1, -0.05) is 39.7 Å². The number of aromatic nitrogens is 1. The number of para-hydroxylation sites is 1. The SMILES string of the molecule is Cc1ccc2c(c1)c(=O)c1ccccc1n2CCCC(=O)Nc1ccc(Br)cc1OC(F)(F)F. The van der Waals surface area contributed by atoms with Crippen LogP contribution in [0.1, 0.15) is 18.4 Å². The minimum Gasteiger partial charge on any atom is -0.404 e. The van der Waals surface area contributed by atoms with Crippen molar-refractivity contribution in [1.82, 2.24) is 4.57 Å². The molecule has 0 unspecified atom stereocenters. The number of aryl methyl sites for hydroxylation is 2. The van der Waals surface area contributed by atoms with Gasteiger partial charge in [0, 0.05) is 28.2 Å². The van der Waals surface area contributed by atoms with E-state index in [0.717, 1.165) is 22.7 Å². The number of fused-ring (bicyclic) bond motifs is 2. The normalized spacial score (nSPS) is 11.7. The number of anilines is 1. The zero-order valence-corrected chi connectivity index (χ0v) is 19.7. The van der Waals surface area contributed by atoms with Crippen LogP contribution in [0.4, 0.5) is 18.9 Å². The first-order valence-electron chi connectivity index (χ1n) is 10.5. The Morgan fingerprint density at radius 1 is 1.03 bits per heavy atom. The molecule has 3 aromatic carbocycles. The molecule has 1 aromatic heterocycles. The molecular weight excluding hydrogens is 513 g/mol. The van der Waals surface area contributed by atoms with Gasteiger partial charge in [0.05, 0.1) is 16.7 Å². The highest BCUT2D eigenvalue weighted by atomic mass is 79.9. The van der Waals surface area contributed by atoms with Crippen molar-refractivity contribution in [3.05, 3.63) is 80.9 Å². The summed E-state index contributed by atoms with van der Waals surface area (Å²) in [5.41, 5.74) is 2.38. The molecule has 0 saturated heterocycles. The molecule has 176 valence electrons. The van der Waals surface area contributed by atoms with Crippen LogP contribution in [0.5, 0.6) is 5.75 Å². The van der Waals surface area contributed by atoms with Crippen molar-refractivity contribution in [3.63, 3.8) is 0 Å². The Balaban J connectivity index is 1.54. The fraction of sp³-hybridized carbons (Fsp3) is 0.200. The van der Waals surface area contributed by atoms with E-state index in [0.29, 0.717) is 28.2 Å².